The van der Waals surface area contributed by atoms with Crippen molar-refractivity contribution in [2.75, 3.05) is 5.32 Å². The van der Waals surface area contributed by atoms with Crippen LogP contribution >= 0.6 is 15.9 Å². The minimum Gasteiger partial charge on any atom is -0.323 e. The molecule has 5 nitrogen and oxygen atoms in total. The van der Waals surface area contributed by atoms with Crippen LogP contribution in [0.15, 0.2) is 53.0 Å². The van der Waals surface area contributed by atoms with Crippen LogP contribution in [0.2, 0.25) is 0 Å². The fourth-order valence-corrected chi connectivity index (χ4v) is 3.43. The first-order valence-corrected chi connectivity index (χ1v) is 9.21. The minimum absolute atomic E-state index is 0.134. The highest BCUT2D eigenvalue weighted by molar-refractivity contribution is 9.10. The summed E-state index contributed by atoms with van der Waals surface area (Å²) in [5.74, 6) is -1.08. The SMILES string of the molecule is CC(C)C[C@H](C(=O)Nc1ccccc1Br)N1C(=O)c2ccccc2C1=O. The first-order valence-electron chi connectivity index (χ1n) is 8.42. The molecule has 1 aliphatic rings. The lowest BCUT2D eigenvalue weighted by Crippen LogP contribution is -2.48. The van der Waals surface area contributed by atoms with Gasteiger partial charge in [0.25, 0.3) is 11.8 Å². The number of fused-ring (bicyclic) bond motifs is 1. The van der Waals surface area contributed by atoms with E-state index in [1.165, 1.54) is 0 Å². The van der Waals surface area contributed by atoms with Gasteiger partial charge in [-0.1, -0.05) is 38.1 Å². The van der Waals surface area contributed by atoms with Gasteiger partial charge in [-0.05, 0) is 52.5 Å². The quantitative estimate of drug-likeness (QED) is 0.748. The molecule has 134 valence electrons. The molecule has 0 saturated heterocycles. The van der Waals surface area contributed by atoms with Crippen LogP contribution < -0.4 is 5.32 Å². The van der Waals surface area contributed by atoms with Crippen LogP contribution in [0.5, 0.6) is 0 Å². The number of carbonyl (C=O) groups is 3. The Hall–Kier alpha value is -2.47. The average molecular weight is 415 g/mol. The Morgan fingerprint density at radius 2 is 1.54 bits per heavy atom. The van der Waals surface area contributed by atoms with Gasteiger partial charge in [0.1, 0.15) is 6.04 Å². The van der Waals surface area contributed by atoms with E-state index in [4.69, 9.17) is 0 Å². The predicted molar refractivity (Wildman–Crippen MR) is 103 cm³/mol. The molecule has 0 fully saturated rings. The van der Waals surface area contributed by atoms with Crippen molar-refractivity contribution >= 4 is 39.3 Å². The highest BCUT2D eigenvalue weighted by atomic mass is 79.9. The van der Waals surface area contributed by atoms with Crippen molar-refractivity contribution in [3.05, 3.63) is 64.1 Å². The number of halogens is 1. The van der Waals surface area contributed by atoms with E-state index in [0.29, 0.717) is 23.2 Å². The van der Waals surface area contributed by atoms with Crippen LogP contribution in [0.4, 0.5) is 5.69 Å². The second-order valence-electron chi connectivity index (χ2n) is 6.64. The number of hydrogen-bond donors (Lipinski definition) is 1. The Bertz CT molecular complexity index is 844. The van der Waals surface area contributed by atoms with Gasteiger partial charge in [-0.2, -0.15) is 0 Å². The summed E-state index contributed by atoms with van der Waals surface area (Å²) in [7, 11) is 0. The topological polar surface area (TPSA) is 66.5 Å². The van der Waals surface area contributed by atoms with Crippen molar-refractivity contribution in [1.82, 2.24) is 4.90 Å². The number of para-hydroxylation sites is 1. The Morgan fingerprint density at radius 1 is 1.00 bits per heavy atom. The van der Waals surface area contributed by atoms with Crippen molar-refractivity contribution in [1.29, 1.82) is 0 Å². The molecular formula is C20H19BrN2O3. The number of hydrogen-bond acceptors (Lipinski definition) is 3. The Labute approximate surface area is 160 Å². The van der Waals surface area contributed by atoms with Crippen LogP contribution in [0.3, 0.4) is 0 Å². The van der Waals surface area contributed by atoms with E-state index in [1.807, 2.05) is 26.0 Å². The maximum atomic E-state index is 13.0. The van der Waals surface area contributed by atoms with E-state index in [-0.39, 0.29) is 11.8 Å². The summed E-state index contributed by atoms with van der Waals surface area (Å²) < 4.78 is 0.735. The molecule has 0 aromatic heterocycles. The lowest BCUT2D eigenvalue weighted by Gasteiger charge is -2.27. The van der Waals surface area contributed by atoms with Gasteiger partial charge in [0.05, 0.1) is 16.8 Å². The maximum absolute atomic E-state index is 13.0. The third-order valence-corrected chi connectivity index (χ3v) is 4.96. The molecule has 3 rings (SSSR count). The van der Waals surface area contributed by atoms with Crippen molar-refractivity contribution in [3.8, 4) is 0 Å². The molecule has 1 atom stereocenters. The van der Waals surface area contributed by atoms with E-state index in [1.54, 1.807) is 36.4 Å². The van der Waals surface area contributed by atoms with Crippen LogP contribution in [0, 0.1) is 5.92 Å². The van der Waals surface area contributed by atoms with Gasteiger partial charge in [-0.15, -0.1) is 0 Å². The molecule has 6 heteroatoms. The summed E-state index contributed by atoms with van der Waals surface area (Å²) in [6.45, 7) is 3.91. The summed E-state index contributed by atoms with van der Waals surface area (Å²) in [6.07, 6.45) is 0.391. The fraction of sp³-hybridized carbons (Fsp3) is 0.250. The lowest BCUT2D eigenvalue weighted by molar-refractivity contribution is -0.120. The monoisotopic (exact) mass is 414 g/mol. The maximum Gasteiger partial charge on any atom is 0.262 e. The minimum atomic E-state index is -0.866. The van der Waals surface area contributed by atoms with Gasteiger partial charge >= 0.3 is 0 Å². The van der Waals surface area contributed by atoms with E-state index < -0.39 is 17.9 Å². The fourth-order valence-electron chi connectivity index (χ4n) is 3.05. The normalized spacial score (nSPS) is 14.5. The largest absolute Gasteiger partial charge is 0.323 e. The number of rotatable bonds is 5. The number of anilines is 1. The van der Waals surface area contributed by atoms with Gasteiger partial charge in [0.2, 0.25) is 5.91 Å². The molecule has 0 spiro atoms. The van der Waals surface area contributed by atoms with Gasteiger partial charge in [-0.25, -0.2) is 0 Å². The zero-order valence-electron chi connectivity index (χ0n) is 14.5. The van der Waals surface area contributed by atoms with Crippen LogP contribution in [-0.4, -0.2) is 28.7 Å². The molecule has 2 aromatic rings. The number of amides is 3. The van der Waals surface area contributed by atoms with Crippen molar-refractivity contribution in [3.63, 3.8) is 0 Å². The molecule has 1 N–H and O–H groups in total. The summed E-state index contributed by atoms with van der Waals surface area (Å²) >= 11 is 3.39. The molecule has 0 saturated carbocycles. The summed E-state index contributed by atoms with van der Waals surface area (Å²) in [5, 5.41) is 2.83. The smallest absolute Gasteiger partial charge is 0.262 e. The van der Waals surface area contributed by atoms with Gasteiger partial charge in [0.15, 0.2) is 0 Å². The molecule has 3 amide bonds. The number of carbonyl (C=O) groups excluding carboxylic acids is 3. The van der Waals surface area contributed by atoms with Gasteiger partial charge in [0, 0.05) is 4.47 Å². The van der Waals surface area contributed by atoms with E-state index >= 15 is 0 Å². The van der Waals surface area contributed by atoms with Crippen LogP contribution in [-0.2, 0) is 4.79 Å². The molecule has 26 heavy (non-hydrogen) atoms. The number of nitrogens with zero attached hydrogens (tertiary/aromatic N) is 1. The summed E-state index contributed by atoms with van der Waals surface area (Å²) in [6, 6.07) is 13.0. The van der Waals surface area contributed by atoms with Gasteiger partial charge in [-0.3, -0.25) is 19.3 Å². The van der Waals surface area contributed by atoms with E-state index in [0.717, 1.165) is 9.37 Å². The van der Waals surface area contributed by atoms with Crippen molar-refractivity contribution in [2.24, 2.45) is 5.92 Å². The Morgan fingerprint density at radius 3 is 2.08 bits per heavy atom. The third kappa shape index (κ3) is 3.42. The molecule has 0 radical (unpaired) electrons. The number of imide groups is 1. The highest BCUT2D eigenvalue weighted by Gasteiger charge is 2.42. The standard InChI is InChI=1S/C20H19BrN2O3/c1-12(2)11-17(18(24)22-16-10-6-5-9-15(16)21)23-19(25)13-7-3-4-8-14(13)20(23)26/h3-10,12,17H,11H2,1-2H3,(H,22,24)/t17-/m1/s1. The third-order valence-electron chi connectivity index (χ3n) is 4.27. The summed E-state index contributed by atoms with van der Waals surface area (Å²) in [4.78, 5) is 39.6. The average Bonchev–Trinajstić information content (AvgIpc) is 2.86. The predicted octanol–water partition coefficient (Wildman–Crippen LogP) is 4.10. The van der Waals surface area contributed by atoms with Crippen LogP contribution in [0.25, 0.3) is 0 Å². The molecule has 0 bridgehead atoms. The van der Waals surface area contributed by atoms with Crippen molar-refractivity contribution < 1.29 is 14.4 Å². The van der Waals surface area contributed by atoms with E-state index in [9.17, 15) is 14.4 Å². The Kier molecular flexibility index (Phi) is 5.23. The first-order chi connectivity index (χ1) is 12.4. The number of nitrogens with one attached hydrogen (secondary N) is 1. The highest BCUT2D eigenvalue weighted by Crippen LogP contribution is 2.28. The first kappa shape index (κ1) is 18.3. The lowest BCUT2D eigenvalue weighted by atomic mass is 10.0. The molecule has 0 unspecified atom stereocenters. The molecular weight excluding hydrogens is 396 g/mol. The zero-order chi connectivity index (χ0) is 18.8. The number of benzene rings is 2. The second kappa shape index (κ2) is 7.41. The summed E-state index contributed by atoms with van der Waals surface area (Å²) in [5.41, 5.74) is 1.29. The zero-order valence-corrected chi connectivity index (χ0v) is 16.1. The molecule has 0 aliphatic carbocycles. The second-order valence-corrected chi connectivity index (χ2v) is 7.49. The molecule has 1 aliphatic heterocycles. The van der Waals surface area contributed by atoms with Crippen LogP contribution in [0.1, 0.15) is 41.0 Å². The Balaban J connectivity index is 1.92. The molecule has 1 heterocycles. The van der Waals surface area contributed by atoms with Gasteiger partial charge < -0.3 is 5.32 Å². The van der Waals surface area contributed by atoms with Crippen molar-refractivity contribution in [2.45, 2.75) is 26.3 Å². The van der Waals surface area contributed by atoms with E-state index in [2.05, 4.69) is 21.2 Å². The molecule has 2 aromatic carbocycles.